The first-order chi connectivity index (χ1) is 26.9. The molecule has 0 aliphatic rings. The third-order valence-electron chi connectivity index (χ3n) is 9.27. The molecule has 0 spiro atoms. The van der Waals surface area contributed by atoms with Gasteiger partial charge in [-0.2, -0.15) is 0 Å². The molecule has 4 N–H and O–H groups in total. The Kier molecular flexibility index (Phi) is 35.1. The molecule has 0 rings (SSSR count). The number of carbonyl (C=O) groups excluding carboxylic acids is 5. The number of amides is 2. The highest BCUT2D eigenvalue weighted by atomic mass is 16.5. The van der Waals surface area contributed by atoms with Crippen molar-refractivity contribution >= 4 is 41.1 Å². The SMILES string of the molecule is CC(=O)[C@@H](C)CCCCNC(=O)COCCOCCCC(=O)COCCOCCNC(=O)CC[C@H](CC(=O)CCCCCCCCCCCCC(=O)O)C(=O)O. The van der Waals surface area contributed by atoms with E-state index in [2.05, 4.69) is 10.6 Å². The molecule has 15 heteroatoms. The van der Waals surface area contributed by atoms with E-state index < -0.39 is 17.9 Å². The number of ketones is 3. The Morgan fingerprint density at radius 3 is 1.64 bits per heavy atom. The maximum Gasteiger partial charge on any atom is 0.306 e. The van der Waals surface area contributed by atoms with Crippen molar-refractivity contribution in [3.63, 3.8) is 0 Å². The molecule has 0 heterocycles. The number of nitrogens with one attached hydrogen (secondary N) is 2. The Labute approximate surface area is 334 Å². The number of hydrogen-bond donors (Lipinski definition) is 4. The minimum absolute atomic E-state index is 0.00180. The van der Waals surface area contributed by atoms with Gasteiger partial charge in [0.05, 0.1) is 39.0 Å². The number of carboxylic acid groups (broad SMARTS) is 2. The fourth-order valence-corrected chi connectivity index (χ4v) is 5.65. The summed E-state index contributed by atoms with van der Waals surface area (Å²) < 4.78 is 21.5. The van der Waals surface area contributed by atoms with Crippen molar-refractivity contribution in [1.82, 2.24) is 10.6 Å². The number of ether oxygens (including phenoxy) is 4. The Morgan fingerprint density at radius 1 is 0.500 bits per heavy atom. The van der Waals surface area contributed by atoms with E-state index in [4.69, 9.17) is 24.1 Å². The fourth-order valence-electron chi connectivity index (χ4n) is 5.65. The van der Waals surface area contributed by atoms with Gasteiger partial charge in [0.15, 0.2) is 5.78 Å². The molecule has 0 saturated heterocycles. The second-order valence-corrected chi connectivity index (χ2v) is 14.4. The number of rotatable bonds is 42. The van der Waals surface area contributed by atoms with E-state index in [0.717, 1.165) is 83.5 Å². The zero-order valence-corrected chi connectivity index (χ0v) is 34.3. The van der Waals surface area contributed by atoms with Crippen LogP contribution < -0.4 is 10.6 Å². The summed E-state index contributed by atoms with van der Waals surface area (Å²) in [5, 5.41) is 23.6. The molecule has 0 aliphatic heterocycles. The van der Waals surface area contributed by atoms with E-state index in [1.54, 1.807) is 6.92 Å². The van der Waals surface area contributed by atoms with Crippen molar-refractivity contribution < 1.29 is 62.7 Å². The maximum atomic E-state index is 12.4. The molecule has 0 aliphatic carbocycles. The molecule has 0 aromatic carbocycles. The zero-order chi connectivity index (χ0) is 41.7. The quantitative estimate of drug-likeness (QED) is 0.0582. The van der Waals surface area contributed by atoms with E-state index in [9.17, 15) is 38.7 Å². The Balaban J connectivity index is 3.66. The average Bonchev–Trinajstić information content (AvgIpc) is 3.15. The minimum Gasteiger partial charge on any atom is -0.481 e. The van der Waals surface area contributed by atoms with E-state index in [1.165, 1.54) is 0 Å². The molecule has 324 valence electrons. The van der Waals surface area contributed by atoms with Crippen LogP contribution in [-0.2, 0) is 52.5 Å². The molecular formula is C41H72N2O13. The van der Waals surface area contributed by atoms with Crippen LogP contribution in [0.15, 0.2) is 0 Å². The summed E-state index contributed by atoms with van der Waals surface area (Å²) in [6.45, 7) is 5.85. The van der Waals surface area contributed by atoms with E-state index in [0.29, 0.717) is 39.0 Å². The number of carboxylic acids is 2. The van der Waals surface area contributed by atoms with Crippen molar-refractivity contribution in [2.24, 2.45) is 11.8 Å². The second-order valence-electron chi connectivity index (χ2n) is 14.4. The Bertz CT molecular complexity index is 1100. The van der Waals surface area contributed by atoms with Crippen molar-refractivity contribution in [2.75, 3.05) is 65.9 Å². The summed E-state index contributed by atoms with van der Waals surface area (Å²) in [6, 6.07) is 0. The summed E-state index contributed by atoms with van der Waals surface area (Å²) >= 11 is 0. The van der Waals surface area contributed by atoms with Crippen molar-refractivity contribution in [2.45, 2.75) is 142 Å². The van der Waals surface area contributed by atoms with E-state index >= 15 is 0 Å². The van der Waals surface area contributed by atoms with Gasteiger partial charge in [0.2, 0.25) is 11.8 Å². The lowest BCUT2D eigenvalue weighted by molar-refractivity contribution is -0.144. The summed E-state index contributed by atoms with van der Waals surface area (Å²) in [5.41, 5.74) is 0. The van der Waals surface area contributed by atoms with Gasteiger partial charge in [-0.1, -0.05) is 64.7 Å². The van der Waals surface area contributed by atoms with Crippen molar-refractivity contribution in [1.29, 1.82) is 0 Å². The summed E-state index contributed by atoms with van der Waals surface area (Å²) in [4.78, 5) is 81.7. The average molecular weight is 801 g/mol. The number of aliphatic carboxylic acids is 2. The fraction of sp³-hybridized carbons (Fsp3) is 0.829. The monoisotopic (exact) mass is 801 g/mol. The molecule has 0 saturated carbocycles. The van der Waals surface area contributed by atoms with Crippen LogP contribution in [0.2, 0.25) is 0 Å². The third kappa shape index (κ3) is 36.4. The minimum atomic E-state index is -1.08. The lowest BCUT2D eigenvalue weighted by Crippen LogP contribution is -2.29. The molecule has 56 heavy (non-hydrogen) atoms. The highest BCUT2D eigenvalue weighted by molar-refractivity contribution is 5.84. The first kappa shape index (κ1) is 52.7. The predicted octanol–water partition coefficient (Wildman–Crippen LogP) is 5.24. The Morgan fingerprint density at radius 2 is 1.04 bits per heavy atom. The van der Waals surface area contributed by atoms with Crippen LogP contribution in [0, 0.1) is 11.8 Å². The molecule has 0 unspecified atom stereocenters. The van der Waals surface area contributed by atoms with Gasteiger partial charge in [-0.15, -0.1) is 0 Å². The molecule has 0 radical (unpaired) electrons. The number of carbonyl (C=O) groups is 7. The van der Waals surface area contributed by atoms with Gasteiger partial charge in [0, 0.05) is 57.7 Å². The number of unbranched alkanes of at least 4 members (excludes halogenated alkanes) is 10. The first-order valence-corrected chi connectivity index (χ1v) is 20.7. The topological polar surface area (TPSA) is 221 Å². The van der Waals surface area contributed by atoms with Gasteiger partial charge in [0.1, 0.15) is 24.8 Å². The smallest absolute Gasteiger partial charge is 0.306 e. The highest BCUT2D eigenvalue weighted by Crippen LogP contribution is 2.16. The van der Waals surface area contributed by atoms with Crippen LogP contribution >= 0.6 is 0 Å². The van der Waals surface area contributed by atoms with E-state index in [-0.39, 0.29) is 107 Å². The first-order valence-electron chi connectivity index (χ1n) is 20.7. The molecule has 0 fully saturated rings. The van der Waals surface area contributed by atoms with E-state index in [1.807, 2.05) is 6.92 Å². The van der Waals surface area contributed by atoms with Gasteiger partial charge >= 0.3 is 11.9 Å². The van der Waals surface area contributed by atoms with Crippen LogP contribution in [0.1, 0.15) is 142 Å². The molecule has 2 atom stereocenters. The molecule has 0 bridgehead atoms. The highest BCUT2D eigenvalue weighted by Gasteiger charge is 2.22. The van der Waals surface area contributed by atoms with Crippen LogP contribution in [0.4, 0.5) is 0 Å². The second kappa shape index (κ2) is 37.3. The van der Waals surface area contributed by atoms with Crippen molar-refractivity contribution in [3.05, 3.63) is 0 Å². The van der Waals surface area contributed by atoms with Crippen LogP contribution in [0.3, 0.4) is 0 Å². The standard InChI is InChI=1S/C41H72N2O13/c1-33(34(2)44)16-13-14-22-42-39(48)32-56-29-26-53-24-15-18-37(46)31-55-28-27-54-25-23-43-38(47)21-20-35(41(51)52)30-36(45)17-11-9-7-5-3-4-6-8-10-12-19-40(49)50/h33,35H,3-32H2,1-2H3,(H,42,48)(H,43,47)(H,49,50)(H,51,52)/t33-,35+/m0/s1. The van der Waals surface area contributed by atoms with Gasteiger partial charge in [-0.25, -0.2) is 0 Å². The zero-order valence-electron chi connectivity index (χ0n) is 34.3. The van der Waals surface area contributed by atoms with Crippen LogP contribution in [0.5, 0.6) is 0 Å². The molecular weight excluding hydrogens is 728 g/mol. The molecule has 0 aromatic rings. The largest absolute Gasteiger partial charge is 0.481 e. The molecule has 15 nitrogen and oxygen atoms in total. The van der Waals surface area contributed by atoms with Gasteiger partial charge in [-0.3, -0.25) is 33.6 Å². The van der Waals surface area contributed by atoms with Crippen LogP contribution in [0.25, 0.3) is 0 Å². The third-order valence-corrected chi connectivity index (χ3v) is 9.27. The normalized spacial score (nSPS) is 12.2. The molecule has 0 aromatic heterocycles. The summed E-state index contributed by atoms with van der Waals surface area (Å²) in [6.07, 6.45) is 13.8. The predicted molar refractivity (Wildman–Crippen MR) is 210 cm³/mol. The molecule has 2 amide bonds. The Hall–Kier alpha value is -3.27. The number of hydrogen-bond acceptors (Lipinski definition) is 11. The van der Waals surface area contributed by atoms with Gasteiger partial charge < -0.3 is 39.8 Å². The summed E-state index contributed by atoms with van der Waals surface area (Å²) in [7, 11) is 0. The van der Waals surface area contributed by atoms with Crippen molar-refractivity contribution in [3.8, 4) is 0 Å². The summed E-state index contributed by atoms with van der Waals surface area (Å²) in [5.74, 6) is -3.14. The van der Waals surface area contributed by atoms with Crippen LogP contribution in [-0.4, -0.2) is 117 Å². The lowest BCUT2D eigenvalue weighted by Gasteiger charge is -2.12. The number of Topliss-reactive ketones (excluding diaryl/α,β-unsaturated/α-hetero) is 3. The maximum absolute atomic E-state index is 12.4. The lowest BCUT2D eigenvalue weighted by atomic mass is 9.94. The van der Waals surface area contributed by atoms with Gasteiger partial charge in [-0.05, 0) is 45.4 Å². The van der Waals surface area contributed by atoms with Gasteiger partial charge in [0.25, 0.3) is 0 Å².